The Kier molecular flexibility index (Phi) is 5.97. The first-order valence-corrected chi connectivity index (χ1v) is 11.4. The molecule has 1 N–H and O–H groups in total. The molecule has 1 fully saturated rings. The van der Waals surface area contributed by atoms with Crippen LogP contribution >= 0.6 is 11.6 Å². The van der Waals surface area contributed by atoms with Crippen LogP contribution in [0, 0.1) is 5.82 Å². The molecule has 0 saturated carbocycles. The number of aryl methyl sites for hydroxylation is 1. The predicted molar refractivity (Wildman–Crippen MR) is 130 cm³/mol. The second-order valence-electron chi connectivity index (χ2n) is 8.47. The molecule has 5 rings (SSSR count). The zero-order valence-electron chi connectivity index (χ0n) is 18.7. The number of halogens is 2. The van der Waals surface area contributed by atoms with Gasteiger partial charge in [0.15, 0.2) is 11.2 Å². The first-order valence-electron chi connectivity index (χ1n) is 11.1. The highest BCUT2D eigenvalue weighted by atomic mass is 35.5. The third kappa shape index (κ3) is 4.24. The predicted octanol–water partition coefficient (Wildman–Crippen LogP) is 2.59. The second-order valence-corrected chi connectivity index (χ2v) is 8.88. The van der Waals surface area contributed by atoms with E-state index in [0.717, 1.165) is 30.8 Å². The standard InChI is InChI=1S/C24H24ClFN6O2/c1-29-21-20(22(33)28-24(29)34)32(15-17-4-2-3-5-19(17)25)23(27-21)31-12-10-30(11-13-31)14-16-6-8-18(26)9-7-16/h2-9H,10-15H2,1H3,(H,28,33,34). The van der Waals surface area contributed by atoms with E-state index >= 15 is 0 Å². The van der Waals surface area contributed by atoms with Gasteiger partial charge in [0, 0.05) is 44.8 Å². The summed E-state index contributed by atoms with van der Waals surface area (Å²) in [6.45, 7) is 4.03. The molecular formula is C24H24ClFN6O2. The summed E-state index contributed by atoms with van der Waals surface area (Å²) >= 11 is 6.41. The largest absolute Gasteiger partial charge is 0.340 e. The molecule has 0 unspecified atom stereocenters. The van der Waals surface area contributed by atoms with Crippen molar-refractivity contribution in [2.75, 3.05) is 31.1 Å². The van der Waals surface area contributed by atoms with E-state index in [4.69, 9.17) is 16.6 Å². The van der Waals surface area contributed by atoms with Crippen LogP contribution in [0.4, 0.5) is 10.3 Å². The van der Waals surface area contributed by atoms with Crippen LogP contribution in [-0.4, -0.2) is 50.2 Å². The molecule has 2 aromatic carbocycles. The van der Waals surface area contributed by atoms with Gasteiger partial charge in [-0.3, -0.25) is 23.8 Å². The van der Waals surface area contributed by atoms with Gasteiger partial charge in [-0.2, -0.15) is 4.98 Å². The molecule has 0 bridgehead atoms. The summed E-state index contributed by atoms with van der Waals surface area (Å²) in [6, 6.07) is 14.0. The molecule has 0 atom stereocenters. The maximum absolute atomic E-state index is 13.2. The van der Waals surface area contributed by atoms with Crippen molar-refractivity contribution in [3.63, 3.8) is 0 Å². The van der Waals surface area contributed by atoms with Gasteiger partial charge in [0.1, 0.15) is 5.82 Å². The quantitative estimate of drug-likeness (QED) is 0.473. The number of piperazine rings is 1. The van der Waals surface area contributed by atoms with Crippen LogP contribution in [0.25, 0.3) is 11.2 Å². The Labute approximate surface area is 199 Å². The lowest BCUT2D eigenvalue weighted by molar-refractivity contribution is 0.248. The number of anilines is 1. The van der Waals surface area contributed by atoms with Gasteiger partial charge in [-0.15, -0.1) is 0 Å². The number of hydrogen-bond acceptors (Lipinski definition) is 5. The summed E-state index contributed by atoms with van der Waals surface area (Å²) in [7, 11) is 1.60. The van der Waals surface area contributed by atoms with Crippen molar-refractivity contribution in [3.8, 4) is 0 Å². The Morgan fingerprint density at radius 1 is 1.00 bits per heavy atom. The van der Waals surface area contributed by atoms with E-state index in [9.17, 15) is 14.0 Å². The van der Waals surface area contributed by atoms with Crippen LogP contribution in [0.5, 0.6) is 0 Å². The van der Waals surface area contributed by atoms with E-state index in [0.29, 0.717) is 41.8 Å². The Morgan fingerprint density at radius 2 is 1.71 bits per heavy atom. The van der Waals surface area contributed by atoms with Gasteiger partial charge in [0.05, 0.1) is 6.54 Å². The van der Waals surface area contributed by atoms with Crippen LogP contribution in [0.3, 0.4) is 0 Å². The van der Waals surface area contributed by atoms with E-state index < -0.39 is 11.2 Å². The summed E-state index contributed by atoms with van der Waals surface area (Å²) in [5, 5.41) is 0.598. The van der Waals surface area contributed by atoms with Crippen LogP contribution in [0.15, 0.2) is 58.1 Å². The monoisotopic (exact) mass is 482 g/mol. The lowest BCUT2D eigenvalue weighted by atomic mass is 10.2. The number of nitrogens with one attached hydrogen (secondary N) is 1. The first-order chi connectivity index (χ1) is 16.4. The zero-order valence-corrected chi connectivity index (χ0v) is 19.4. The van der Waals surface area contributed by atoms with Gasteiger partial charge in [-0.25, -0.2) is 9.18 Å². The molecule has 8 nitrogen and oxygen atoms in total. The number of aromatic amines is 1. The second kappa shape index (κ2) is 9.08. The average molecular weight is 483 g/mol. The molecule has 3 heterocycles. The third-order valence-electron chi connectivity index (χ3n) is 6.25. The molecule has 4 aromatic rings. The minimum Gasteiger partial charge on any atom is -0.340 e. The normalized spacial score (nSPS) is 14.7. The lowest BCUT2D eigenvalue weighted by Crippen LogP contribution is -2.47. The summed E-state index contributed by atoms with van der Waals surface area (Å²) in [6.07, 6.45) is 0. The van der Waals surface area contributed by atoms with Gasteiger partial charge in [0.2, 0.25) is 5.95 Å². The van der Waals surface area contributed by atoms with Crippen molar-refractivity contribution in [2.45, 2.75) is 13.1 Å². The molecule has 176 valence electrons. The van der Waals surface area contributed by atoms with E-state index in [2.05, 4.69) is 14.8 Å². The van der Waals surface area contributed by atoms with Gasteiger partial charge in [-0.05, 0) is 29.3 Å². The topological polar surface area (TPSA) is 79.2 Å². The highest BCUT2D eigenvalue weighted by Gasteiger charge is 2.25. The molecule has 34 heavy (non-hydrogen) atoms. The van der Waals surface area contributed by atoms with E-state index in [1.807, 2.05) is 28.8 Å². The Hall–Kier alpha value is -3.43. The minimum atomic E-state index is -0.504. The smallest absolute Gasteiger partial charge is 0.329 e. The Morgan fingerprint density at radius 3 is 2.41 bits per heavy atom. The molecule has 1 aliphatic heterocycles. The van der Waals surface area contributed by atoms with Gasteiger partial charge >= 0.3 is 5.69 Å². The molecule has 0 spiro atoms. The van der Waals surface area contributed by atoms with Crippen molar-refractivity contribution in [1.82, 2.24) is 24.0 Å². The summed E-state index contributed by atoms with van der Waals surface area (Å²) in [4.78, 5) is 36.5. The summed E-state index contributed by atoms with van der Waals surface area (Å²) in [5.74, 6) is 0.387. The summed E-state index contributed by atoms with van der Waals surface area (Å²) < 4.78 is 16.4. The fourth-order valence-electron chi connectivity index (χ4n) is 4.37. The molecule has 2 aromatic heterocycles. The fourth-order valence-corrected chi connectivity index (χ4v) is 4.56. The molecule has 1 aliphatic rings. The number of imidazole rings is 1. The maximum Gasteiger partial charge on any atom is 0.329 e. The minimum absolute atomic E-state index is 0.240. The number of fused-ring (bicyclic) bond motifs is 1. The van der Waals surface area contributed by atoms with E-state index in [-0.39, 0.29) is 5.82 Å². The van der Waals surface area contributed by atoms with Gasteiger partial charge in [0.25, 0.3) is 5.56 Å². The highest BCUT2D eigenvalue weighted by molar-refractivity contribution is 6.31. The molecule has 10 heteroatoms. The zero-order chi connectivity index (χ0) is 23.8. The highest BCUT2D eigenvalue weighted by Crippen LogP contribution is 2.25. The van der Waals surface area contributed by atoms with Crippen molar-refractivity contribution in [2.24, 2.45) is 7.05 Å². The number of H-pyrrole nitrogens is 1. The van der Waals surface area contributed by atoms with E-state index in [1.165, 1.54) is 16.7 Å². The van der Waals surface area contributed by atoms with Gasteiger partial charge < -0.3 is 4.90 Å². The number of aromatic nitrogens is 4. The van der Waals surface area contributed by atoms with Crippen LogP contribution < -0.4 is 16.1 Å². The molecule has 1 saturated heterocycles. The van der Waals surface area contributed by atoms with Crippen molar-refractivity contribution >= 4 is 28.7 Å². The molecule has 0 radical (unpaired) electrons. The number of hydrogen-bond donors (Lipinski definition) is 1. The first kappa shape index (κ1) is 22.4. The third-order valence-corrected chi connectivity index (χ3v) is 6.62. The summed E-state index contributed by atoms with van der Waals surface area (Å²) in [5.41, 5.74) is 1.61. The van der Waals surface area contributed by atoms with Crippen molar-refractivity contribution in [1.29, 1.82) is 0 Å². The number of rotatable bonds is 5. The Bertz CT molecular complexity index is 1450. The van der Waals surface area contributed by atoms with Crippen LogP contribution in [-0.2, 0) is 20.1 Å². The SMILES string of the molecule is Cn1c(=O)[nH]c(=O)c2c1nc(N1CCN(Cc3ccc(F)cc3)CC1)n2Cc1ccccc1Cl. The van der Waals surface area contributed by atoms with E-state index in [1.54, 1.807) is 19.2 Å². The van der Waals surface area contributed by atoms with Gasteiger partial charge in [-0.1, -0.05) is 41.9 Å². The number of nitrogens with zero attached hydrogens (tertiary/aromatic N) is 5. The lowest BCUT2D eigenvalue weighted by Gasteiger charge is -2.35. The molecular weight excluding hydrogens is 459 g/mol. The number of benzene rings is 2. The Balaban J connectivity index is 1.47. The van der Waals surface area contributed by atoms with Crippen LogP contribution in [0.1, 0.15) is 11.1 Å². The van der Waals surface area contributed by atoms with Crippen molar-refractivity contribution in [3.05, 3.63) is 91.3 Å². The fraction of sp³-hybridized carbons (Fsp3) is 0.292. The molecule has 0 aliphatic carbocycles. The molecule has 0 amide bonds. The van der Waals surface area contributed by atoms with Crippen molar-refractivity contribution < 1.29 is 4.39 Å². The average Bonchev–Trinajstić information content (AvgIpc) is 3.21. The van der Waals surface area contributed by atoms with Crippen LogP contribution in [0.2, 0.25) is 5.02 Å². The maximum atomic E-state index is 13.2.